The molecule has 8 heteroatoms. The summed E-state index contributed by atoms with van der Waals surface area (Å²) in [6.45, 7) is 3.87. The maximum absolute atomic E-state index is 14.6. The van der Waals surface area contributed by atoms with Gasteiger partial charge in [0.15, 0.2) is 5.66 Å². The molecule has 0 aliphatic carbocycles. The van der Waals surface area contributed by atoms with Crippen molar-refractivity contribution in [2.45, 2.75) is 76.5 Å². The highest BCUT2D eigenvalue weighted by Crippen LogP contribution is 2.44. The van der Waals surface area contributed by atoms with E-state index in [9.17, 15) is 19.2 Å². The Hall–Kier alpha value is -4.40. The van der Waals surface area contributed by atoms with Gasteiger partial charge in [0.05, 0.1) is 0 Å². The second-order valence-corrected chi connectivity index (χ2v) is 12.0. The van der Waals surface area contributed by atoms with E-state index < -0.39 is 35.0 Å². The number of amides is 4. The minimum atomic E-state index is -2.01. The first-order chi connectivity index (χ1) is 21.2. The topological polar surface area (TPSA) is 127 Å². The maximum atomic E-state index is 14.6. The number of nitrogens with zero attached hydrogens (tertiary/aromatic N) is 2. The van der Waals surface area contributed by atoms with Crippen LogP contribution < -0.4 is 11.5 Å². The van der Waals surface area contributed by atoms with Crippen LogP contribution in [0.2, 0.25) is 0 Å². The quantitative estimate of drug-likeness (QED) is 0.119. The Balaban J connectivity index is 1.54. The van der Waals surface area contributed by atoms with Crippen molar-refractivity contribution in [1.82, 2.24) is 9.80 Å². The van der Waals surface area contributed by atoms with Crippen LogP contribution in [0.3, 0.4) is 0 Å². The van der Waals surface area contributed by atoms with Crippen LogP contribution in [0.25, 0.3) is 21.5 Å². The summed E-state index contributed by atoms with van der Waals surface area (Å²) in [6.07, 6.45) is 5.85. The van der Waals surface area contributed by atoms with Crippen molar-refractivity contribution in [3.63, 3.8) is 0 Å². The zero-order valence-electron chi connectivity index (χ0n) is 25.3. The van der Waals surface area contributed by atoms with Gasteiger partial charge in [-0.1, -0.05) is 101 Å². The second-order valence-electron chi connectivity index (χ2n) is 12.0. The number of imide groups is 2. The summed E-state index contributed by atoms with van der Waals surface area (Å²) in [7, 11) is 0. The highest BCUT2D eigenvalue weighted by atomic mass is 16.2. The third-order valence-electron chi connectivity index (χ3n) is 9.47. The number of nitrogens with two attached hydrogens (primary N) is 2. The maximum Gasteiger partial charge on any atom is 0.263 e. The van der Waals surface area contributed by atoms with Crippen LogP contribution in [0, 0.1) is 0 Å². The summed E-state index contributed by atoms with van der Waals surface area (Å²) in [5.74, 6) is -2.55. The van der Waals surface area contributed by atoms with Gasteiger partial charge in [-0.15, -0.1) is 0 Å². The van der Waals surface area contributed by atoms with Crippen molar-refractivity contribution in [1.29, 1.82) is 0 Å². The average molecular weight is 591 g/mol. The van der Waals surface area contributed by atoms with Crippen LogP contribution in [-0.2, 0) is 0 Å². The molecule has 4 aromatic carbocycles. The molecule has 0 unspecified atom stereocenters. The molecule has 2 aliphatic heterocycles. The molecule has 6 rings (SSSR count). The Morgan fingerprint density at radius 1 is 0.545 bits per heavy atom. The second kappa shape index (κ2) is 11.3. The van der Waals surface area contributed by atoms with E-state index in [2.05, 4.69) is 6.92 Å². The van der Waals surface area contributed by atoms with Crippen molar-refractivity contribution in [3.05, 3.63) is 95.1 Å². The van der Waals surface area contributed by atoms with Gasteiger partial charge in [0.2, 0.25) is 0 Å². The van der Waals surface area contributed by atoms with Gasteiger partial charge < -0.3 is 11.5 Å². The number of hydrogen-bond donors (Lipinski definition) is 2. The van der Waals surface area contributed by atoms with Crippen molar-refractivity contribution < 1.29 is 19.2 Å². The number of carbonyl (C=O) groups is 4. The molecule has 2 heterocycles. The van der Waals surface area contributed by atoms with Crippen molar-refractivity contribution in [2.24, 2.45) is 11.5 Å². The number of carbonyl (C=O) groups excluding carboxylic acids is 4. The molecule has 226 valence electrons. The van der Waals surface area contributed by atoms with E-state index >= 15 is 0 Å². The van der Waals surface area contributed by atoms with E-state index in [-0.39, 0.29) is 12.8 Å². The first kappa shape index (κ1) is 29.7. The minimum Gasteiger partial charge on any atom is -0.310 e. The first-order valence-electron chi connectivity index (χ1n) is 15.6. The zero-order chi connectivity index (χ0) is 31.2. The minimum absolute atomic E-state index is 0.0545. The van der Waals surface area contributed by atoms with Crippen LogP contribution in [0.5, 0.6) is 0 Å². The standard InChI is InChI=1S/C36H38N4O4/c1-3-5-6-7-8-9-22-35(37,38)36(4-2,39-31(41)25-18-10-14-23-15-11-19-26(29(23)25)32(39)42)40-33(43)27-20-12-16-24-17-13-21-28(30(24)27)34(40)44/h10-21H,3-9,22,37-38H2,1-2H3. The van der Waals surface area contributed by atoms with Gasteiger partial charge in [0.1, 0.15) is 5.66 Å². The molecule has 4 N–H and O–H groups in total. The molecular formula is C36H38N4O4. The molecule has 8 nitrogen and oxygen atoms in total. The van der Waals surface area contributed by atoms with E-state index in [0.717, 1.165) is 52.7 Å². The van der Waals surface area contributed by atoms with E-state index in [4.69, 9.17) is 11.5 Å². The Morgan fingerprint density at radius 3 is 1.27 bits per heavy atom. The van der Waals surface area contributed by atoms with Crippen molar-refractivity contribution >= 4 is 45.2 Å². The molecule has 4 amide bonds. The summed E-state index contributed by atoms with van der Waals surface area (Å²) >= 11 is 0. The monoisotopic (exact) mass is 590 g/mol. The SMILES string of the molecule is CCCCCCCCC(N)(N)C(CC)(N1C(=O)c2cccc3cccc(c23)C1=O)N1C(=O)c2cccc3cccc(c23)C1=O. The molecule has 0 aromatic heterocycles. The van der Waals surface area contributed by atoms with Crippen LogP contribution in [0.15, 0.2) is 72.8 Å². The molecule has 0 saturated carbocycles. The Morgan fingerprint density at radius 2 is 0.909 bits per heavy atom. The predicted octanol–water partition coefficient (Wildman–Crippen LogP) is 6.36. The number of rotatable bonds is 11. The third-order valence-corrected chi connectivity index (χ3v) is 9.47. The van der Waals surface area contributed by atoms with E-state index in [0.29, 0.717) is 39.4 Å². The van der Waals surface area contributed by atoms with Gasteiger partial charge in [-0.2, -0.15) is 0 Å². The van der Waals surface area contributed by atoms with Crippen molar-refractivity contribution in [2.75, 3.05) is 0 Å². The van der Waals surface area contributed by atoms with Gasteiger partial charge in [-0.3, -0.25) is 19.2 Å². The van der Waals surface area contributed by atoms with Crippen LogP contribution >= 0.6 is 0 Å². The molecular weight excluding hydrogens is 552 g/mol. The lowest BCUT2D eigenvalue weighted by Crippen LogP contribution is -2.83. The van der Waals surface area contributed by atoms with Crippen molar-refractivity contribution in [3.8, 4) is 0 Å². The summed E-state index contributed by atoms with van der Waals surface area (Å²) in [5.41, 5.74) is 11.5. The van der Waals surface area contributed by atoms with Gasteiger partial charge in [0, 0.05) is 33.0 Å². The summed E-state index contributed by atoms with van der Waals surface area (Å²) in [6, 6.07) is 21.0. The lowest BCUT2D eigenvalue weighted by atomic mass is 9.79. The number of hydrogen-bond acceptors (Lipinski definition) is 6. The predicted molar refractivity (Wildman–Crippen MR) is 171 cm³/mol. The summed E-state index contributed by atoms with van der Waals surface area (Å²) in [5, 5.41) is 2.56. The average Bonchev–Trinajstić information content (AvgIpc) is 3.03. The lowest BCUT2D eigenvalue weighted by Gasteiger charge is -2.57. The summed E-state index contributed by atoms with van der Waals surface area (Å²) < 4.78 is 0. The molecule has 0 atom stereocenters. The van der Waals surface area contributed by atoms with E-state index in [1.165, 1.54) is 0 Å². The molecule has 44 heavy (non-hydrogen) atoms. The fourth-order valence-corrected chi connectivity index (χ4v) is 7.29. The molecule has 0 radical (unpaired) electrons. The zero-order valence-corrected chi connectivity index (χ0v) is 25.3. The normalized spacial score (nSPS) is 15.2. The van der Waals surface area contributed by atoms with Crippen LogP contribution in [-0.4, -0.2) is 44.8 Å². The van der Waals surface area contributed by atoms with E-state index in [1.54, 1.807) is 55.5 Å². The fraction of sp³-hybridized carbons (Fsp3) is 0.333. The first-order valence-corrected chi connectivity index (χ1v) is 15.6. The molecule has 0 spiro atoms. The Bertz CT molecular complexity index is 1610. The third kappa shape index (κ3) is 4.27. The van der Waals surface area contributed by atoms with Gasteiger partial charge in [-0.25, -0.2) is 9.80 Å². The largest absolute Gasteiger partial charge is 0.310 e. The highest BCUT2D eigenvalue weighted by Gasteiger charge is 2.63. The molecule has 4 aromatic rings. The van der Waals surface area contributed by atoms with Crippen LogP contribution in [0.1, 0.15) is 107 Å². The van der Waals surface area contributed by atoms with Crippen LogP contribution in [0.4, 0.5) is 0 Å². The summed E-state index contributed by atoms with van der Waals surface area (Å²) in [4.78, 5) is 60.2. The van der Waals surface area contributed by atoms with Gasteiger partial charge in [0.25, 0.3) is 23.6 Å². The molecule has 0 fully saturated rings. The highest BCUT2D eigenvalue weighted by molar-refractivity contribution is 6.28. The Kier molecular flexibility index (Phi) is 7.59. The lowest BCUT2D eigenvalue weighted by molar-refractivity contribution is -0.0566. The van der Waals surface area contributed by atoms with Gasteiger partial charge in [-0.05, 0) is 47.9 Å². The molecule has 0 saturated heterocycles. The van der Waals surface area contributed by atoms with E-state index in [1.807, 2.05) is 24.3 Å². The smallest absolute Gasteiger partial charge is 0.263 e. The Labute approximate surface area is 257 Å². The number of benzene rings is 4. The fourth-order valence-electron chi connectivity index (χ4n) is 7.29. The number of unbranched alkanes of at least 4 members (excludes halogenated alkanes) is 5. The molecule has 0 bridgehead atoms. The van der Waals surface area contributed by atoms with Gasteiger partial charge >= 0.3 is 0 Å². The molecule has 2 aliphatic rings.